The lowest BCUT2D eigenvalue weighted by Gasteiger charge is -2.30. The zero-order chi connectivity index (χ0) is 25.1. The number of ether oxygens (including phenoxy) is 2. The van der Waals surface area contributed by atoms with Crippen LogP contribution >= 0.6 is 0 Å². The Hall–Kier alpha value is -3.75. The first-order chi connectivity index (χ1) is 15.9. The molecule has 1 amide bonds. The van der Waals surface area contributed by atoms with E-state index in [-0.39, 0.29) is 23.7 Å². The number of nitrogens with one attached hydrogen (secondary N) is 1. The summed E-state index contributed by atoms with van der Waals surface area (Å²) in [5, 5.41) is 13.7. The van der Waals surface area contributed by atoms with E-state index < -0.39 is 29.7 Å². The van der Waals surface area contributed by atoms with Crippen LogP contribution in [0.5, 0.6) is 11.5 Å². The predicted molar refractivity (Wildman–Crippen MR) is 120 cm³/mol. The van der Waals surface area contributed by atoms with E-state index in [1.54, 1.807) is 38.1 Å². The van der Waals surface area contributed by atoms with Crippen molar-refractivity contribution in [2.24, 2.45) is 5.92 Å². The monoisotopic (exact) mass is 475 g/mol. The molecule has 1 unspecified atom stereocenters. The Morgan fingerprint density at radius 1 is 1.00 bits per heavy atom. The van der Waals surface area contributed by atoms with E-state index in [1.807, 2.05) is 12.1 Å². The van der Waals surface area contributed by atoms with Crippen LogP contribution < -0.4 is 14.8 Å². The molecule has 34 heavy (non-hydrogen) atoms. The standard InChI is InChI=1S/C25H24F3NO5/c1-15(2)24(3,23(31)32)29-22(30)20-13-10-17-6-4-5-7-19(17)21(20)33-14-16-8-11-18(12-9-16)34-25(26,27)28/h4-13,15H,14H2,1-3H3,(H,29,30)(H,31,32). The number of hydrogen-bond donors (Lipinski definition) is 2. The van der Waals surface area contributed by atoms with Gasteiger partial charge in [-0.15, -0.1) is 13.2 Å². The van der Waals surface area contributed by atoms with Crippen molar-refractivity contribution in [1.29, 1.82) is 0 Å². The largest absolute Gasteiger partial charge is 0.573 e. The predicted octanol–water partition coefficient (Wildman–Crippen LogP) is 5.55. The number of benzene rings is 3. The van der Waals surface area contributed by atoms with Crippen LogP contribution in [0.2, 0.25) is 0 Å². The third kappa shape index (κ3) is 5.59. The Kier molecular flexibility index (Phi) is 7.04. The number of aliphatic carboxylic acids is 1. The maximum atomic E-state index is 13.1. The summed E-state index contributed by atoms with van der Waals surface area (Å²) in [6.45, 7) is 4.78. The molecule has 0 saturated heterocycles. The van der Waals surface area contributed by atoms with Gasteiger partial charge in [-0.3, -0.25) is 4.79 Å². The molecule has 1 atom stereocenters. The molecule has 0 aliphatic carbocycles. The average Bonchev–Trinajstić information content (AvgIpc) is 2.76. The molecule has 3 aromatic rings. The molecule has 0 aromatic heterocycles. The highest BCUT2D eigenvalue weighted by Crippen LogP contribution is 2.32. The van der Waals surface area contributed by atoms with Crippen molar-refractivity contribution in [3.05, 3.63) is 71.8 Å². The Bertz CT molecular complexity index is 1190. The van der Waals surface area contributed by atoms with Crippen LogP contribution in [0.15, 0.2) is 60.7 Å². The number of carboxylic acid groups (broad SMARTS) is 1. The van der Waals surface area contributed by atoms with E-state index in [1.165, 1.54) is 31.2 Å². The molecule has 0 aliphatic heterocycles. The zero-order valence-corrected chi connectivity index (χ0v) is 18.8. The van der Waals surface area contributed by atoms with E-state index in [0.29, 0.717) is 10.9 Å². The number of carbonyl (C=O) groups excluding carboxylic acids is 1. The molecule has 0 spiro atoms. The number of carboxylic acids is 1. The molecular formula is C25H24F3NO5. The van der Waals surface area contributed by atoms with Crippen molar-refractivity contribution in [2.75, 3.05) is 0 Å². The minimum atomic E-state index is -4.79. The molecule has 9 heteroatoms. The van der Waals surface area contributed by atoms with Crippen LogP contribution in [0, 0.1) is 5.92 Å². The topological polar surface area (TPSA) is 84.9 Å². The van der Waals surface area contributed by atoms with E-state index in [0.717, 1.165) is 5.39 Å². The fraction of sp³-hybridized carbons (Fsp3) is 0.280. The van der Waals surface area contributed by atoms with Gasteiger partial charge in [-0.2, -0.15) is 0 Å². The quantitative estimate of drug-likeness (QED) is 0.447. The molecule has 0 bridgehead atoms. The first-order valence-electron chi connectivity index (χ1n) is 10.5. The third-order valence-electron chi connectivity index (χ3n) is 5.64. The smallest absolute Gasteiger partial charge is 0.487 e. The molecule has 180 valence electrons. The molecule has 3 rings (SSSR count). The van der Waals surface area contributed by atoms with Gasteiger partial charge in [0.15, 0.2) is 0 Å². The lowest BCUT2D eigenvalue weighted by atomic mass is 9.88. The number of fused-ring (bicyclic) bond motifs is 1. The van der Waals surface area contributed by atoms with E-state index >= 15 is 0 Å². The van der Waals surface area contributed by atoms with Gasteiger partial charge in [-0.1, -0.05) is 56.3 Å². The minimum Gasteiger partial charge on any atom is -0.487 e. The maximum Gasteiger partial charge on any atom is 0.573 e. The molecule has 0 heterocycles. The number of amides is 1. The molecule has 0 saturated carbocycles. The van der Waals surface area contributed by atoms with Gasteiger partial charge in [0.25, 0.3) is 5.91 Å². The number of halogens is 3. The van der Waals surface area contributed by atoms with E-state index in [2.05, 4.69) is 10.1 Å². The summed E-state index contributed by atoms with van der Waals surface area (Å²) >= 11 is 0. The third-order valence-corrected chi connectivity index (χ3v) is 5.64. The fourth-order valence-electron chi connectivity index (χ4n) is 3.27. The Labute approximate surface area is 194 Å². The summed E-state index contributed by atoms with van der Waals surface area (Å²) in [7, 11) is 0. The summed E-state index contributed by atoms with van der Waals surface area (Å²) in [4.78, 5) is 25.0. The van der Waals surface area contributed by atoms with Crippen molar-refractivity contribution in [3.8, 4) is 11.5 Å². The van der Waals surface area contributed by atoms with Crippen LogP contribution in [0.4, 0.5) is 13.2 Å². The number of carbonyl (C=O) groups is 2. The van der Waals surface area contributed by atoms with Crippen molar-refractivity contribution >= 4 is 22.6 Å². The van der Waals surface area contributed by atoms with Crippen molar-refractivity contribution in [2.45, 2.75) is 39.3 Å². The molecule has 3 aromatic carbocycles. The number of hydrogen-bond acceptors (Lipinski definition) is 4. The van der Waals surface area contributed by atoms with Crippen LogP contribution in [0.1, 0.15) is 36.7 Å². The molecule has 0 fully saturated rings. The van der Waals surface area contributed by atoms with Gasteiger partial charge in [0.2, 0.25) is 0 Å². The van der Waals surface area contributed by atoms with Crippen molar-refractivity contribution in [3.63, 3.8) is 0 Å². The second kappa shape index (κ2) is 9.62. The van der Waals surface area contributed by atoms with Crippen LogP contribution in [-0.2, 0) is 11.4 Å². The van der Waals surface area contributed by atoms with Gasteiger partial charge in [0, 0.05) is 5.39 Å². The number of rotatable bonds is 8. The highest BCUT2D eigenvalue weighted by Gasteiger charge is 2.39. The van der Waals surface area contributed by atoms with Gasteiger partial charge in [-0.25, -0.2) is 4.79 Å². The molecule has 6 nitrogen and oxygen atoms in total. The van der Waals surface area contributed by atoms with Crippen LogP contribution in [0.3, 0.4) is 0 Å². The second-order valence-electron chi connectivity index (χ2n) is 8.26. The Morgan fingerprint density at radius 3 is 2.24 bits per heavy atom. The van der Waals surface area contributed by atoms with Crippen molar-refractivity contribution < 1.29 is 37.3 Å². The summed E-state index contributed by atoms with van der Waals surface area (Å²) < 4.78 is 47.0. The summed E-state index contributed by atoms with van der Waals surface area (Å²) in [6, 6.07) is 15.7. The first-order valence-corrected chi connectivity index (χ1v) is 10.5. The van der Waals surface area contributed by atoms with Gasteiger partial charge in [-0.05, 0) is 42.0 Å². The zero-order valence-electron chi connectivity index (χ0n) is 18.8. The van der Waals surface area contributed by atoms with E-state index in [9.17, 15) is 27.9 Å². The summed E-state index contributed by atoms with van der Waals surface area (Å²) in [5.74, 6) is -2.30. The lowest BCUT2D eigenvalue weighted by molar-refractivity contribution is -0.274. The highest BCUT2D eigenvalue weighted by molar-refractivity contribution is 6.05. The molecule has 0 aliphatic rings. The summed E-state index contributed by atoms with van der Waals surface area (Å²) in [5.41, 5.74) is -0.816. The molecule has 0 radical (unpaired) electrons. The maximum absolute atomic E-state index is 13.1. The first kappa shape index (κ1) is 24.9. The number of alkyl halides is 3. The minimum absolute atomic E-state index is 0.0407. The highest BCUT2D eigenvalue weighted by atomic mass is 19.4. The second-order valence-corrected chi connectivity index (χ2v) is 8.26. The van der Waals surface area contributed by atoms with Gasteiger partial charge < -0.3 is 19.9 Å². The fourth-order valence-corrected chi connectivity index (χ4v) is 3.27. The van der Waals surface area contributed by atoms with Crippen LogP contribution in [0.25, 0.3) is 10.8 Å². The SMILES string of the molecule is CC(C)C(C)(NC(=O)c1ccc2ccccc2c1OCc1ccc(OC(F)(F)F)cc1)C(=O)O. The van der Waals surface area contributed by atoms with Crippen LogP contribution in [-0.4, -0.2) is 28.9 Å². The Balaban J connectivity index is 1.91. The lowest BCUT2D eigenvalue weighted by Crippen LogP contribution is -2.55. The summed E-state index contributed by atoms with van der Waals surface area (Å²) in [6.07, 6.45) is -4.79. The van der Waals surface area contributed by atoms with Gasteiger partial charge >= 0.3 is 12.3 Å². The van der Waals surface area contributed by atoms with E-state index in [4.69, 9.17) is 4.74 Å². The van der Waals surface area contributed by atoms with Gasteiger partial charge in [0.05, 0.1) is 5.56 Å². The average molecular weight is 475 g/mol. The van der Waals surface area contributed by atoms with Gasteiger partial charge in [0.1, 0.15) is 23.6 Å². The Morgan fingerprint density at radius 2 is 1.65 bits per heavy atom. The molecule has 2 N–H and O–H groups in total. The van der Waals surface area contributed by atoms with Crippen molar-refractivity contribution in [1.82, 2.24) is 5.32 Å². The molecular weight excluding hydrogens is 451 g/mol. The normalized spacial score (nSPS) is 13.4.